The van der Waals surface area contributed by atoms with Gasteiger partial charge in [-0.25, -0.2) is 4.39 Å². The Balaban J connectivity index is 2.25. The van der Waals surface area contributed by atoms with Gasteiger partial charge in [0.1, 0.15) is 5.82 Å². The molecule has 0 fully saturated rings. The zero-order chi connectivity index (χ0) is 11.1. The van der Waals surface area contributed by atoms with Crippen LogP contribution < -0.4 is 0 Å². The van der Waals surface area contributed by atoms with Gasteiger partial charge >= 0.3 is 0 Å². The zero-order valence-corrected chi connectivity index (χ0v) is 9.43. The van der Waals surface area contributed by atoms with Crippen molar-refractivity contribution in [3.8, 4) is 0 Å². The molecule has 1 aliphatic carbocycles. The first-order valence-electron chi connectivity index (χ1n) is 5.30. The molecule has 4 heteroatoms. The molecule has 0 bridgehead atoms. The van der Waals surface area contributed by atoms with Crippen LogP contribution in [0.15, 0.2) is 30.4 Å². The number of rotatable bonds is 1. The lowest BCUT2D eigenvalue weighted by Gasteiger charge is -2.12. The number of nitrogens with one attached hydrogen (secondary N) is 1. The van der Waals surface area contributed by atoms with Crippen molar-refractivity contribution in [2.45, 2.75) is 18.9 Å². The molecule has 82 valence electrons. The van der Waals surface area contributed by atoms with Gasteiger partial charge in [-0.2, -0.15) is 0 Å². The van der Waals surface area contributed by atoms with Crippen molar-refractivity contribution in [2.75, 3.05) is 0 Å². The number of hydrogen-bond donors (Lipinski definition) is 1. The quantitative estimate of drug-likeness (QED) is 0.589. The Morgan fingerprint density at radius 1 is 1.31 bits per heavy atom. The van der Waals surface area contributed by atoms with E-state index in [0.717, 1.165) is 23.9 Å². The van der Waals surface area contributed by atoms with Gasteiger partial charge in [-0.1, -0.05) is 12.2 Å². The van der Waals surface area contributed by atoms with Crippen LogP contribution in [-0.2, 0) is 0 Å². The van der Waals surface area contributed by atoms with E-state index >= 15 is 0 Å². The number of aromatic amines is 1. The third-order valence-electron chi connectivity index (χ3n) is 3.03. The number of aromatic nitrogens is 2. The predicted octanol–water partition coefficient (Wildman–Crippen LogP) is 3.73. The minimum atomic E-state index is -0.221. The summed E-state index contributed by atoms with van der Waals surface area (Å²) >= 11 is 5.29. The number of allylic oxidation sites excluding steroid dienone is 2. The topological polar surface area (TPSA) is 20.7 Å². The van der Waals surface area contributed by atoms with Crippen molar-refractivity contribution < 1.29 is 4.39 Å². The Morgan fingerprint density at radius 3 is 2.81 bits per heavy atom. The molecular weight excluding hydrogens is 223 g/mol. The smallest absolute Gasteiger partial charge is 0.178 e. The van der Waals surface area contributed by atoms with Crippen molar-refractivity contribution in [1.82, 2.24) is 9.55 Å². The molecule has 0 unspecified atom stereocenters. The first-order valence-corrected chi connectivity index (χ1v) is 5.71. The molecule has 1 aliphatic rings. The van der Waals surface area contributed by atoms with Crippen LogP contribution >= 0.6 is 12.2 Å². The van der Waals surface area contributed by atoms with E-state index in [-0.39, 0.29) is 5.82 Å². The van der Waals surface area contributed by atoms with E-state index in [4.69, 9.17) is 12.2 Å². The summed E-state index contributed by atoms with van der Waals surface area (Å²) in [4.78, 5) is 3.11. The minimum absolute atomic E-state index is 0.221. The van der Waals surface area contributed by atoms with Gasteiger partial charge in [-0.05, 0) is 43.3 Å². The highest BCUT2D eigenvalue weighted by atomic mass is 32.1. The molecule has 1 heterocycles. The summed E-state index contributed by atoms with van der Waals surface area (Å²) in [5.74, 6) is -0.221. The summed E-state index contributed by atoms with van der Waals surface area (Å²) < 4.78 is 15.9. The summed E-state index contributed by atoms with van der Waals surface area (Å²) in [6.45, 7) is 0. The van der Waals surface area contributed by atoms with Crippen LogP contribution in [0.4, 0.5) is 4.39 Å². The largest absolute Gasteiger partial charge is 0.331 e. The van der Waals surface area contributed by atoms with Gasteiger partial charge in [0.2, 0.25) is 0 Å². The van der Waals surface area contributed by atoms with E-state index in [0.29, 0.717) is 10.8 Å². The van der Waals surface area contributed by atoms with Crippen molar-refractivity contribution in [2.24, 2.45) is 0 Å². The number of fused-ring (bicyclic) bond motifs is 1. The van der Waals surface area contributed by atoms with Crippen LogP contribution in [-0.4, -0.2) is 9.55 Å². The Labute approximate surface area is 97.4 Å². The molecule has 16 heavy (non-hydrogen) atoms. The highest BCUT2D eigenvalue weighted by Gasteiger charge is 2.16. The summed E-state index contributed by atoms with van der Waals surface area (Å²) in [6, 6.07) is 5.06. The van der Waals surface area contributed by atoms with Crippen molar-refractivity contribution >= 4 is 23.3 Å². The SMILES string of the molecule is Fc1ccc2[nH]c(=S)n(C3CC=CC3)c2c1. The Bertz CT molecular complexity index is 615. The summed E-state index contributed by atoms with van der Waals surface area (Å²) in [6.07, 6.45) is 6.23. The molecule has 1 aromatic heterocycles. The number of hydrogen-bond acceptors (Lipinski definition) is 1. The highest BCUT2D eigenvalue weighted by molar-refractivity contribution is 7.71. The molecular formula is C12H11FN2S. The number of H-pyrrole nitrogens is 1. The van der Waals surface area contributed by atoms with Gasteiger partial charge in [0.15, 0.2) is 4.77 Å². The van der Waals surface area contributed by atoms with E-state index in [1.807, 2.05) is 4.57 Å². The Kier molecular flexibility index (Phi) is 2.17. The van der Waals surface area contributed by atoms with Crippen LogP contribution in [0.5, 0.6) is 0 Å². The van der Waals surface area contributed by atoms with Crippen LogP contribution in [0.3, 0.4) is 0 Å². The molecule has 0 saturated heterocycles. The average Bonchev–Trinajstić information content (AvgIpc) is 2.83. The maximum atomic E-state index is 13.2. The van der Waals surface area contributed by atoms with E-state index in [1.165, 1.54) is 6.07 Å². The van der Waals surface area contributed by atoms with Crippen LogP contribution in [0, 0.1) is 10.6 Å². The van der Waals surface area contributed by atoms with E-state index in [9.17, 15) is 4.39 Å². The van der Waals surface area contributed by atoms with Gasteiger partial charge in [0.25, 0.3) is 0 Å². The number of benzene rings is 1. The second-order valence-corrected chi connectivity index (χ2v) is 4.44. The lowest BCUT2D eigenvalue weighted by molar-refractivity contribution is 0.543. The third kappa shape index (κ3) is 1.41. The Hall–Kier alpha value is -1.42. The average molecular weight is 234 g/mol. The molecule has 1 aromatic carbocycles. The molecule has 1 N–H and O–H groups in total. The monoisotopic (exact) mass is 234 g/mol. The fourth-order valence-electron chi connectivity index (χ4n) is 2.27. The lowest BCUT2D eigenvalue weighted by Crippen LogP contribution is -2.04. The van der Waals surface area contributed by atoms with Gasteiger partial charge in [0.05, 0.1) is 11.0 Å². The molecule has 0 aliphatic heterocycles. The fourth-order valence-corrected chi connectivity index (χ4v) is 2.63. The zero-order valence-electron chi connectivity index (χ0n) is 8.61. The Morgan fingerprint density at radius 2 is 2.06 bits per heavy atom. The van der Waals surface area contributed by atoms with Crippen molar-refractivity contribution in [3.05, 3.63) is 40.9 Å². The second kappa shape index (κ2) is 3.56. The maximum Gasteiger partial charge on any atom is 0.178 e. The summed E-state index contributed by atoms with van der Waals surface area (Å²) in [5, 5.41) is 0. The standard InChI is InChI=1S/C12H11FN2S/c13-8-5-6-10-11(7-8)15(12(16)14-10)9-3-1-2-4-9/h1-2,5-7,9H,3-4H2,(H,14,16). The number of imidazole rings is 1. The second-order valence-electron chi connectivity index (χ2n) is 4.06. The molecule has 3 rings (SSSR count). The molecule has 2 nitrogen and oxygen atoms in total. The molecule has 0 saturated carbocycles. The first-order chi connectivity index (χ1) is 7.75. The molecule has 0 radical (unpaired) electrons. The van der Waals surface area contributed by atoms with Gasteiger partial charge in [-0.15, -0.1) is 0 Å². The number of nitrogens with zero attached hydrogens (tertiary/aromatic N) is 1. The molecule has 0 atom stereocenters. The lowest BCUT2D eigenvalue weighted by atomic mass is 10.2. The van der Waals surface area contributed by atoms with E-state index in [1.54, 1.807) is 12.1 Å². The molecule has 2 aromatic rings. The summed E-state index contributed by atoms with van der Waals surface area (Å²) in [7, 11) is 0. The van der Waals surface area contributed by atoms with Crippen LogP contribution in [0.2, 0.25) is 0 Å². The van der Waals surface area contributed by atoms with Crippen LogP contribution in [0.25, 0.3) is 11.0 Å². The van der Waals surface area contributed by atoms with Crippen molar-refractivity contribution in [1.29, 1.82) is 0 Å². The fraction of sp³-hybridized carbons (Fsp3) is 0.250. The maximum absolute atomic E-state index is 13.2. The minimum Gasteiger partial charge on any atom is -0.331 e. The van der Waals surface area contributed by atoms with E-state index in [2.05, 4.69) is 17.1 Å². The predicted molar refractivity (Wildman–Crippen MR) is 64.5 cm³/mol. The first kappa shape index (κ1) is 9.78. The molecule has 0 amide bonds. The number of halogens is 1. The van der Waals surface area contributed by atoms with Gasteiger partial charge < -0.3 is 9.55 Å². The van der Waals surface area contributed by atoms with Crippen molar-refractivity contribution in [3.63, 3.8) is 0 Å². The van der Waals surface area contributed by atoms with Gasteiger partial charge in [-0.3, -0.25) is 0 Å². The molecule has 0 spiro atoms. The van der Waals surface area contributed by atoms with Gasteiger partial charge in [0, 0.05) is 6.04 Å². The van der Waals surface area contributed by atoms with E-state index < -0.39 is 0 Å². The highest BCUT2D eigenvalue weighted by Crippen LogP contribution is 2.28. The summed E-state index contributed by atoms with van der Waals surface area (Å²) in [5.41, 5.74) is 1.76. The van der Waals surface area contributed by atoms with Crippen LogP contribution in [0.1, 0.15) is 18.9 Å². The normalized spacial score (nSPS) is 16.3. The third-order valence-corrected chi connectivity index (χ3v) is 3.33.